The van der Waals surface area contributed by atoms with Crippen LogP contribution >= 0.6 is 0 Å². The molecule has 0 saturated carbocycles. The van der Waals surface area contributed by atoms with Crippen molar-refractivity contribution in [3.8, 4) is 5.75 Å². The van der Waals surface area contributed by atoms with Crippen molar-refractivity contribution in [1.82, 2.24) is 5.32 Å². The lowest BCUT2D eigenvalue weighted by molar-refractivity contribution is -0.385. The van der Waals surface area contributed by atoms with Crippen molar-refractivity contribution in [2.24, 2.45) is 4.99 Å². The van der Waals surface area contributed by atoms with Gasteiger partial charge in [0.1, 0.15) is 11.6 Å². The summed E-state index contributed by atoms with van der Waals surface area (Å²) in [4.78, 5) is 14.6. The van der Waals surface area contributed by atoms with Crippen LogP contribution in [0.4, 0.5) is 5.69 Å². The van der Waals surface area contributed by atoms with Crippen molar-refractivity contribution in [3.05, 3.63) is 33.9 Å². The van der Waals surface area contributed by atoms with Crippen LogP contribution in [-0.2, 0) is 0 Å². The molecule has 0 spiro atoms. The number of amidine groups is 1. The van der Waals surface area contributed by atoms with E-state index in [0.29, 0.717) is 23.7 Å². The maximum Gasteiger partial charge on any atom is 0.284 e. The Balaban J connectivity index is 2.47. The number of rotatable bonds is 3. The first-order valence-corrected chi connectivity index (χ1v) is 4.83. The summed E-state index contributed by atoms with van der Waals surface area (Å²) in [6, 6.07) is 4.73. The molecule has 84 valence electrons. The summed E-state index contributed by atoms with van der Waals surface area (Å²) < 4.78 is 4.96. The monoisotopic (exact) mass is 221 g/mol. The van der Waals surface area contributed by atoms with E-state index in [1.165, 1.54) is 13.2 Å². The maximum atomic E-state index is 10.9. The van der Waals surface area contributed by atoms with E-state index in [-0.39, 0.29) is 5.69 Å². The van der Waals surface area contributed by atoms with Gasteiger partial charge in [-0.05, 0) is 12.1 Å². The van der Waals surface area contributed by atoms with Crippen molar-refractivity contribution in [1.29, 1.82) is 0 Å². The highest BCUT2D eigenvalue weighted by Gasteiger charge is 2.20. The molecule has 1 aromatic rings. The Labute approximate surface area is 92.1 Å². The summed E-state index contributed by atoms with van der Waals surface area (Å²) in [5.41, 5.74) is 0.510. The van der Waals surface area contributed by atoms with Gasteiger partial charge < -0.3 is 10.1 Å². The van der Waals surface area contributed by atoms with Crippen LogP contribution in [0.3, 0.4) is 0 Å². The van der Waals surface area contributed by atoms with E-state index >= 15 is 0 Å². The van der Waals surface area contributed by atoms with E-state index in [0.717, 1.165) is 6.54 Å². The summed E-state index contributed by atoms with van der Waals surface area (Å²) in [6.45, 7) is 1.37. The van der Waals surface area contributed by atoms with E-state index in [1.807, 2.05) is 0 Å². The molecule has 1 aliphatic heterocycles. The first-order chi connectivity index (χ1) is 7.72. The Morgan fingerprint density at radius 1 is 1.56 bits per heavy atom. The van der Waals surface area contributed by atoms with Gasteiger partial charge in [0.2, 0.25) is 0 Å². The number of methoxy groups -OCH3 is 1. The third-order valence-electron chi connectivity index (χ3n) is 2.33. The van der Waals surface area contributed by atoms with Gasteiger partial charge in [-0.25, -0.2) is 0 Å². The van der Waals surface area contributed by atoms with E-state index in [2.05, 4.69) is 10.3 Å². The Kier molecular flexibility index (Phi) is 2.72. The molecule has 16 heavy (non-hydrogen) atoms. The second-order valence-corrected chi connectivity index (χ2v) is 3.30. The van der Waals surface area contributed by atoms with Crippen LogP contribution in [0.15, 0.2) is 23.2 Å². The average Bonchev–Trinajstić information content (AvgIpc) is 2.81. The molecule has 0 amide bonds. The molecule has 0 radical (unpaired) electrons. The zero-order valence-corrected chi connectivity index (χ0v) is 8.77. The van der Waals surface area contributed by atoms with Crippen LogP contribution in [0.5, 0.6) is 5.75 Å². The molecule has 6 heteroatoms. The first-order valence-electron chi connectivity index (χ1n) is 4.83. The molecule has 0 saturated heterocycles. The van der Waals surface area contributed by atoms with Crippen LogP contribution in [0, 0.1) is 10.1 Å². The fourth-order valence-electron chi connectivity index (χ4n) is 1.57. The Morgan fingerprint density at radius 3 is 2.94 bits per heavy atom. The highest BCUT2D eigenvalue weighted by molar-refractivity contribution is 6.03. The molecule has 2 rings (SSSR count). The number of aliphatic imine (C=N–C) groups is 1. The molecule has 0 aromatic heterocycles. The Bertz CT molecular complexity index is 457. The minimum absolute atomic E-state index is 0.00694. The summed E-state index contributed by atoms with van der Waals surface area (Å²) in [5, 5.41) is 13.9. The van der Waals surface area contributed by atoms with Gasteiger partial charge in [-0.15, -0.1) is 0 Å². The number of nitro groups is 1. The molecule has 0 fully saturated rings. The van der Waals surface area contributed by atoms with Gasteiger partial charge in [0.05, 0.1) is 30.2 Å². The molecule has 0 atom stereocenters. The lowest BCUT2D eigenvalue weighted by atomic mass is 10.1. The second-order valence-electron chi connectivity index (χ2n) is 3.30. The number of nitro benzene ring substituents is 1. The standard InChI is InChI=1S/C10H11N3O3/c1-16-7-2-3-8(9(6-7)13(14)15)10-11-4-5-12-10/h2-3,6H,4-5H2,1H3,(H,11,12). The average molecular weight is 221 g/mol. The van der Waals surface area contributed by atoms with Gasteiger partial charge in [-0.3, -0.25) is 15.1 Å². The molecule has 1 heterocycles. The number of hydrogen-bond donors (Lipinski definition) is 1. The normalized spacial score (nSPS) is 14.2. The predicted molar refractivity (Wildman–Crippen MR) is 59.1 cm³/mol. The van der Waals surface area contributed by atoms with E-state index in [4.69, 9.17) is 4.74 Å². The topological polar surface area (TPSA) is 76.8 Å². The third kappa shape index (κ3) is 1.81. The van der Waals surface area contributed by atoms with E-state index in [9.17, 15) is 10.1 Å². The molecule has 1 aliphatic rings. The zero-order chi connectivity index (χ0) is 11.5. The number of hydrogen-bond acceptors (Lipinski definition) is 5. The quantitative estimate of drug-likeness (QED) is 0.609. The summed E-state index contributed by atoms with van der Waals surface area (Å²) >= 11 is 0. The van der Waals surface area contributed by atoms with Crippen molar-refractivity contribution in [2.45, 2.75) is 0 Å². The van der Waals surface area contributed by atoms with E-state index < -0.39 is 4.92 Å². The van der Waals surface area contributed by atoms with Crippen LogP contribution in [0.1, 0.15) is 5.56 Å². The molecular formula is C10H11N3O3. The van der Waals surface area contributed by atoms with Crippen LogP contribution < -0.4 is 10.1 Å². The number of nitrogens with one attached hydrogen (secondary N) is 1. The van der Waals surface area contributed by atoms with Crippen molar-refractivity contribution < 1.29 is 9.66 Å². The van der Waals surface area contributed by atoms with Crippen molar-refractivity contribution >= 4 is 11.5 Å². The first kappa shape index (κ1) is 10.4. The van der Waals surface area contributed by atoms with Gasteiger partial charge in [-0.1, -0.05) is 0 Å². The molecule has 6 nitrogen and oxygen atoms in total. The summed E-state index contributed by atoms with van der Waals surface area (Å²) in [7, 11) is 1.48. The predicted octanol–water partition coefficient (Wildman–Crippen LogP) is 0.953. The molecule has 1 N–H and O–H groups in total. The minimum Gasteiger partial charge on any atom is -0.497 e. The van der Waals surface area contributed by atoms with Crippen molar-refractivity contribution in [3.63, 3.8) is 0 Å². The second kappa shape index (κ2) is 4.18. The third-order valence-corrected chi connectivity index (χ3v) is 2.33. The largest absolute Gasteiger partial charge is 0.497 e. The van der Waals surface area contributed by atoms with Gasteiger partial charge in [0.25, 0.3) is 5.69 Å². The van der Waals surface area contributed by atoms with Crippen LogP contribution in [0.2, 0.25) is 0 Å². The maximum absolute atomic E-state index is 10.9. The zero-order valence-electron chi connectivity index (χ0n) is 8.77. The smallest absolute Gasteiger partial charge is 0.284 e. The highest BCUT2D eigenvalue weighted by Crippen LogP contribution is 2.25. The number of nitrogens with zero attached hydrogens (tertiary/aromatic N) is 2. The van der Waals surface area contributed by atoms with Crippen molar-refractivity contribution in [2.75, 3.05) is 20.2 Å². The minimum atomic E-state index is -0.430. The number of ether oxygens (including phenoxy) is 1. The molecule has 0 unspecified atom stereocenters. The fourth-order valence-corrected chi connectivity index (χ4v) is 1.57. The van der Waals surface area contributed by atoms with Gasteiger partial charge >= 0.3 is 0 Å². The SMILES string of the molecule is COc1ccc(C2=NCCN2)c([N+](=O)[O-])c1. The fraction of sp³-hybridized carbons (Fsp3) is 0.300. The Morgan fingerprint density at radius 2 is 2.38 bits per heavy atom. The van der Waals surface area contributed by atoms with Gasteiger partial charge in [0.15, 0.2) is 0 Å². The summed E-state index contributed by atoms with van der Waals surface area (Å²) in [6.07, 6.45) is 0. The lowest BCUT2D eigenvalue weighted by Gasteiger charge is -2.05. The summed E-state index contributed by atoms with van der Waals surface area (Å²) in [5.74, 6) is 1.04. The number of benzene rings is 1. The highest BCUT2D eigenvalue weighted by atomic mass is 16.6. The van der Waals surface area contributed by atoms with Gasteiger partial charge in [-0.2, -0.15) is 0 Å². The molecular weight excluding hydrogens is 210 g/mol. The van der Waals surface area contributed by atoms with Crippen LogP contribution in [-0.4, -0.2) is 31.0 Å². The van der Waals surface area contributed by atoms with E-state index in [1.54, 1.807) is 12.1 Å². The van der Waals surface area contributed by atoms with Crippen LogP contribution in [0.25, 0.3) is 0 Å². The molecule has 1 aromatic carbocycles. The lowest BCUT2D eigenvalue weighted by Crippen LogP contribution is -2.20. The van der Waals surface area contributed by atoms with Gasteiger partial charge in [0, 0.05) is 6.54 Å². The molecule has 0 bridgehead atoms. The molecule has 0 aliphatic carbocycles. The Hall–Kier alpha value is -2.11.